The fraction of sp³-hybridized carbons (Fsp3) is 0.125. The molecule has 6 nitrogen and oxygen atoms in total. The molecule has 6 heteroatoms. The van der Waals surface area contributed by atoms with Crippen LogP contribution in [0.5, 0.6) is 0 Å². The van der Waals surface area contributed by atoms with Crippen molar-refractivity contribution >= 4 is 17.4 Å². The normalized spacial score (nSPS) is 10.6. The summed E-state index contributed by atoms with van der Waals surface area (Å²) in [6.07, 6.45) is 1.46. The Labute approximate surface area is 79.0 Å². The third-order valence-electron chi connectivity index (χ3n) is 1.94. The van der Waals surface area contributed by atoms with Gasteiger partial charge < -0.3 is 10.8 Å². The lowest BCUT2D eigenvalue weighted by molar-refractivity contribution is 0.0698. The molecule has 0 atom stereocenters. The van der Waals surface area contributed by atoms with E-state index < -0.39 is 5.97 Å². The molecule has 0 spiro atoms. The fourth-order valence-corrected chi connectivity index (χ4v) is 1.32. The van der Waals surface area contributed by atoms with Crippen molar-refractivity contribution in [2.75, 3.05) is 5.73 Å². The first kappa shape index (κ1) is 8.49. The van der Waals surface area contributed by atoms with Gasteiger partial charge in [0.15, 0.2) is 5.65 Å². The highest BCUT2D eigenvalue weighted by atomic mass is 16.4. The van der Waals surface area contributed by atoms with Crippen LogP contribution in [0.15, 0.2) is 12.3 Å². The van der Waals surface area contributed by atoms with E-state index in [9.17, 15) is 4.79 Å². The molecule has 0 aromatic carbocycles. The summed E-state index contributed by atoms with van der Waals surface area (Å²) < 4.78 is 1.32. The second-order valence-electron chi connectivity index (χ2n) is 2.87. The highest BCUT2D eigenvalue weighted by molar-refractivity contribution is 5.95. The Bertz CT molecular complexity index is 517. The van der Waals surface area contributed by atoms with Crippen molar-refractivity contribution in [1.82, 2.24) is 14.6 Å². The third-order valence-corrected chi connectivity index (χ3v) is 1.94. The van der Waals surface area contributed by atoms with Crippen LogP contribution in [0, 0.1) is 6.92 Å². The number of rotatable bonds is 1. The van der Waals surface area contributed by atoms with E-state index >= 15 is 0 Å². The largest absolute Gasteiger partial charge is 0.477 e. The smallest absolute Gasteiger partial charge is 0.341 e. The highest BCUT2D eigenvalue weighted by Crippen LogP contribution is 2.15. The first-order chi connectivity index (χ1) is 6.61. The summed E-state index contributed by atoms with van der Waals surface area (Å²) >= 11 is 0. The Hall–Kier alpha value is -2.11. The van der Waals surface area contributed by atoms with Gasteiger partial charge in [0.25, 0.3) is 0 Å². The van der Waals surface area contributed by atoms with Gasteiger partial charge in [-0.25, -0.2) is 9.78 Å². The quantitative estimate of drug-likeness (QED) is 0.678. The zero-order valence-electron chi connectivity index (χ0n) is 7.43. The summed E-state index contributed by atoms with van der Waals surface area (Å²) in [5.74, 6) is -0.679. The minimum atomic E-state index is -1.05. The molecule has 0 aliphatic rings. The predicted octanol–water partition coefficient (Wildman–Crippen LogP) is 0.318. The summed E-state index contributed by atoms with van der Waals surface area (Å²) in [6, 6.07) is 1.56. The molecule has 0 radical (unpaired) electrons. The number of nitrogens with two attached hydrogens (primary N) is 1. The first-order valence-corrected chi connectivity index (χ1v) is 3.94. The number of carboxylic acids is 1. The zero-order valence-corrected chi connectivity index (χ0v) is 7.43. The van der Waals surface area contributed by atoms with Crippen LogP contribution < -0.4 is 5.73 Å². The number of hydrogen-bond acceptors (Lipinski definition) is 4. The fourth-order valence-electron chi connectivity index (χ4n) is 1.32. The molecule has 0 saturated carbocycles. The van der Waals surface area contributed by atoms with Crippen LogP contribution in [0.25, 0.3) is 5.65 Å². The minimum absolute atomic E-state index is 0.0947. The van der Waals surface area contributed by atoms with Crippen molar-refractivity contribution in [3.8, 4) is 0 Å². The molecule has 3 N–H and O–H groups in total. The van der Waals surface area contributed by atoms with E-state index in [2.05, 4.69) is 10.1 Å². The van der Waals surface area contributed by atoms with Crippen LogP contribution in [0.3, 0.4) is 0 Å². The van der Waals surface area contributed by atoms with Crippen molar-refractivity contribution in [2.24, 2.45) is 0 Å². The van der Waals surface area contributed by atoms with Crippen molar-refractivity contribution in [3.63, 3.8) is 0 Å². The summed E-state index contributed by atoms with van der Waals surface area (Å²) in [4.78, 5) is 14.8. The molecule has 72 valence electrons. The van der Waals surface area contributed by atoms with Crippen molar-refractivity contribution < 1.29 is 9.90 Å². The molecule has 0 saturated heterocycles. The summed E-state index contributed by atoms with van der Waals surface area (Å²) in [5.41, 5.74) is 6.38. The molecule has 2 aromatic heterocycles. The van der Waals surface area contributed by atoms with Gasteiger partial charge in [-0.1, -0.05) is 0 Å². The SMILES string of the molecule is Cc1nn2c(N)ccnc2c1C(=O)O. The zero-order chi connectivity index (χ0) is 10.3. The van der Waals surface area contributed by atoms with E-state index in [4.69, 9.17) is 10.8 Å². The van der Waals surface area contributed by atoms with Gasteiger partial charge in [0.05, 0.1) is 5.69 Å². The van der Waals surface area contributed by atoms with Crippen molar-refractivity contribution in [1.29, 1.82) is 0 Å². The standard InChI is InChI=1S/C8H8N4O2/c1-4-6(8(13)14)7-10-3-2-5(9)12(7)11-4/h2-3H,9H2,1H3,(H,13,14). The second kappa shape index (κ2) is 2.69. The van der Waals surface area contributed by atoms with Gasteiger partial charge in [0, 0.05) is 6.20 Å². The maximum atomic E-state index is 10.9. The Kier molecular flexibility index (Phi) is 1.63. The molecule has 2 aromatic rings. The Morgan fingerprint density at radius 1 is 1.64 bits per heavy atom. The Morgan fingerprint density at radius 3 is 3.00 bits per heavy atom. The lowest BCUT2D eigenvalue weighted by Gasteiger charge is -1.96. The number of nitrogen functional groups attached to an aromatic ring is 1. The number of anilines is 1. The van der Waals surface area contributed by atoms with Gasteiger partial charge in [0.2, 0.25) is 0 Å². The molecule has 0 bridgehead atoms. The van der Waals surface area contributed by atoms with E-state index in [1.54, 1.807) is 13.0 Å². The van der Waals surface area contributed by atoms with Crippen molar-refractivity contribution in [2.45, 2.75) is 6.92 Å². The Balaban J connectivity index is 2.90. The lowest BCUT2D eigenvalue weighted by atomic mass is 10.2. The van der Waals surface area contributed by atoms with Gasteiger partial charge in [-0.2, -0.15) is 9.61 Å². The van der Waals surface area contributed by atoms with Gasteiger partial charge in [-0.3, -0.25) is 0 Å². The number of aromatic carboxylic acids is 1. The third kappa shape index (κ3) is 1.00. The number of aryl methyl sites for hydroxylation is 1. The van der Waals surface area contributed by atoms with E-state index in [-0.39, 0.29) is 11.2 Å². The molecule has 0 unspecified atom stereocenters. The number of hydrogen-bond donors (Lipinski definition) is 2. The number of fused-ring (bicyclic) bond motifs is 1. The average molecular weight is 192 g/mol. The average Bonchev–Trinajstić information content (AvgIpc) is 2.42. The van der Waals surface area contributed by atoms with Crippen LogP contribution >= 0.6 is 0 Å². The van der Waals surface area contributed by atoms with E-state index in [0.717, 1.165) is 0 Å². The van der Waals surface area contributed by atoms with Gasteiger partial charge in [0.1, 0.15) is 11.4 Å². The van der Waals surface area contributed by atoms with E-state index in [1.165, 1.54) is 10.7 Å². The topological polar surface area (TPSA) is 93.5 Å². The maximum absolute atomic E-state index is 10.9. The molecule has 0 fully saturated rings. The summed E-state index contributed by atoms with van der Waals surface area (Å²) in [6.45, 7) is 1.61. The minimum Gasteiger partial charge on any atom is -0.477 e. The highest BCUT2D eigenvalue weighted by Gasteiger charge is 2.17. The molecular formula is C8H8N4O2. The van der Waals surface area contributed by atoms with Crippen LogP contribution in [0.2, 0.25) is 0 Å². The van der Waals surface area contributed by atoms with Gasteiger partial charge in [-0.15, -0.1) is 0 Å². The van der Waals surface area contributed by atoms with Crippen LogP contribution in [-0.2, 0) is 0 Å². The molecule has 0 aliphatic heterocycles. The van der Waals surface area contributed by atoms with Crippen LogP contribution in [-0.4, -0.2) is 25.7 Å². The first-order valence-electron chi connectivity index (χ1n) is 3.94. The maximum Gasteiger partial charge on any atom is 0.341 e. The van der Waals surface area contributed by atoms with Crippen LogP contribution in [0.1, 0.15) is 16.1 Å². The number of carbonyl (C=O) groups is 1. The van der Waals surface area contributed by atoms with E-state index in [0.29, 0.717) is 11.5 Å². The number of carboxylic acid groups (broad SMARTS) is 1. The summed E-state index contributed by atoms with van der Waals surface area (Å²) in [5, 5.41) is 12.9. The monoisotopic (exact) mass is 192 g/mol. The lowest BCUT2D eigenvalue weighted by Crippen LogP contribution is -2.01. The second-order valence-corrected chi connectivity index (χ2v) is 2.87. The predicted molar refractivity (Wildman–Crippen MR) is 49.1 cm³/mol. The molecule has 2 heterocycles. The van der Waals surface area contributed by atoms with Gasteiger partial charge >= 0.3 is 5.97 Å². The number of aromatic nitrogens is 3. The Morgan fingerprint density at radius 2 is 2.36 bits per heavy atom. The molecule has 0 aliphatic carbocycles. The molecule has 2 rings (SSSR count). The molecule has 14 heavy (non-hydrogen) atoms. The van der Waals surface area contributed by atoms with E-state index in [1.807, 2.05) is 0 Å². The molecule has 0 amide bonds. The van der Waals surface area contributed by atoms with Gasteiger partial charge in [-0.05, 0) is 13.0 Å². The molecular weight excluding hydrogens is 184 g/mol. The number of nitrogens with zero attached hydrogens (tertiary/aromatic N) is 3. The van der Waals surface area contributed by atoms with Crippen LogP contribution in [0.4, 0.5) is 5.82 Å². The van der Waals surface area contributed by atoms with Crippen molar-refractivity contribution in [3.05, 3.63) is 23.5 Å². The summed E-state index contributed by atoms with van der Waals surface area (Å²) in [7, 11) is 0.